The van der Waals surface area contributed by atoms with Crippen molar-refractivity contribution in [1.29, 1.82) is 0 Å². The van der Waals surface area contributed by atoms with Gasteiger partial charge in [0.25, 0.3) is 0 Å². The summed E-state index contributed by atoms with van der Waals surface area (Å²) in [6.07, 6.45) is 13.7. The van der Waals surface area contributed by atoms with Crippen molar-refractivity contribution in [2.45, 2.75) is 89.8 Å². The summed E-state index contributed by atoms with van der Waals surface area (Å²) in [4.78, 5) is 33.7. The predicted molar refractivity (Wildman–Crippen MR) is 152 cm³/mol. The quantitative estimate of drug-likeness (QED) is 0.417. The second-order valence-corrected chi connectivity index (χ2v) is 11.8. The first-order chi connectivity index (χ1) is 19.2. The summed E-state index contributed by atoms with van der Waals surface area (Å²) in [6, 6.07) is 0.274. The zero-order valence-corrected chi connectivity index (χ0v) is 24.1. The average molecular weight is 549 g/mol. The van der Waals surface area contributed by atoms with Gasteiger partial charge in [-0.1, -0.05) is 27.7 Å². The van der Waals surface area contributed by atoms with E-state index in [4.69, 9.17) is 14.5 Å². The summed E-state index contributed by atoms with van der Waals surface area (Å²) >= 11 is 0. The van der Waals surface area contributed by atoms with Crippen LogP contribution in [0.5, 0.6) is 5.88 Å². The topological polar surface area (TPSA) is 120 Å². The third-order valence-electron chi connectivity index (χ3n) is 7.46. The maximum Gasteiger partial charge on any atom is 0.228 e. The lowest BCUT2D eigenvalue weighted by Crippen LogP contribution is -2.44. The molecule has 0 spiro atoms. The SMILES string of the molecule is CCCC(=O)N(c1cnc(-c2cnn(C)c2)cn1)C1CCC(Nc2ncc(C(C)(C)C)c(OC3COC3)n2)CC1. The zero-order valence-electron chi connectivity index (χ0n) is 24.1. The lowest BCUT2D eigenvalue weighted by atomic mass is 9.88. The Morgan fingerprint density at radius 1 is 1.10 bits per heavy atom. The number of hydrogen-bond acceptors (Lipinski definition) is 9. The molecule has 1 saturated carbocycles. The molecule has 214 valence electrons. The Kier molecular flexibility index (Phi) is 8.30. The van der Waals surface area contributed by atoms with Gasteiger partial charge in [0.15, 0.2) is 5.82 Å². The van der Waals surface area contributed by atoms with Crippen LogP contribution in [0.1, 0.15) is 71.8 Å². The molecule has 3 aromatic heterocycles. The highest BCUT2D eigenvalue weighted by molar-refractivity contribution is 5.93. The van der Waals surface area contributed by atoms with Crippen molar-refractivity contribution < 1.29 is 14.3 Å². The standard InChI is InChI=1S/C29H40N8O3/c1-6-7-26(38)37(25-15-30-24(14-31-25)19-12-33-36(5)16-19)21-10-8-20(9-11-21)34-28-32-13-23(29(2,3)4)27(35-28)40-22-17-39-18-22/h12-16,20-22H,6-11,17-18H2,1-5H3,(H,32,34,35). The fourth-order valence-corrected chi connectivity index (χ4v) is 5.14. The minimum Gasteiger partial charge on any atom is -0.469 e. The molecule has 1 N–H and O–H groups in total. The van der Waals surface area contributed by atoms with Crippen LogP contribution in [0, 0.1) is 0 Å². The number of ether oxygens (including phenoxy) is 2. The molecule has 1 saturated heterocycles. The van der Waals surface area contributed by atoms with Crippen LogP contribution in [0.25, 0.3) is 11.3 Å². The number of carbonyl (C=O) groups is 1. The largest absolute Gasteiger partial charge is 0.469 e. The molecule has 4 heterocycles. The fourth-order valence-electron chi connectivity index (χ4n) is 5.14. The van der Waals surface area contributed by atoms with Crippen LogP contribution in [-0.4, -0.2) is 67.0 Å². The van der Waals surface area contributed by atoms with Crippen molar-refractivity contribution in [2.75, 3.05) is 23.4 Å². The van der Waals surface area contributed by atoms with Crippen LogP contribution < -0.4 is 15.0 Å². The summed E-state index contributed by atoms with van der Waals surface area (Å²) < 4.78 is 13.2. The number of hydrogen-bond donors (Lipinski definition) is 1. The second-order valence-electron chi connectivity index (χ2n) is 11.8. The molecule has 11 heteroatoms. The van der Waals surface area contributed by atoms with Gasteiger partial charge in [0.2, 0.25) is 17.7 Å². The number of aryl methyl sites for hydroxylation is 1. The van der Waals surface area contributed by atoms with E-state index in [9.17, 15) is 4.79 Å². The van der Waals surface area contributed by atoms with Gasteiger partial charge in [-0.05, 0) is 37.5 Å². The minimum absolute atomic E-state index is 0.0347. The monoisotopic (exact) mass is 548 g/mol. The number of aromatic nitrogens is 6. The molecule has 1 amide bonds. The number of anilines is 2. The number of amides is 1. The summed E-state index contributed by atoms with van der Waals surface area (Å²) in [6.45, 7) is 9.59. The molecule has 2 aliphatic rings. The lowest BCUT2D eigenvalue weighted by molar-refractivity contribution is -0.119. The zero-order chi connectivity index (χ0) is 28.3. The first kappa shape index (κ1) is 27.9. The van der Waals surface area contributed by atoms with Gasteiger partial charge in [0.05, 0.1) is 37.5 Å². The molecular formula is C29H40N8O3. The Bertz CT molecular complexity index is 1290. The molecule has 0 aromatic carbocycles. The van der Waals surface area contributed by atoms with Gasteiger partial charge < -0.3 is 14.8 Å². The highest BCUT2D eigenvalue weighted by atomic mass is 16.6. The molecule has 1 aliphatic carbocycles. The van der Waals surface area contributed by atoms with Crippen molar-refractivity contribution in [1.82, 2.24) is 29.7 Å². The first-order valence-electron chi connectivity index (χ1n) is 14.2. The Labute approximate surface area is 235 Å². The van der Waals surface area contributed by atoms with E-state index in [0.29, 0.717) is 37.3 Å². The van der Waals surface area contributed by atoms with Crippen LogP contribution in [0.2, 0.25) is 0 Å². The van der Waals surface area contributed by atoms with E-state index in [-0.39, 0.29) is 29.5 Å². The van der Waals surface area contributed by atoms with E-state index in [1.54, 1.807) is 23.3 Å². The third kappa shape index (κ3) is 6.41. The summed E-state index contributed by atoms with van der Waals surface area (Å²) in [5.74, 6) is 1.88. The van der Waals surface area contributed by atoms with Crippen LogP contribution >= 0.6 is 0 Å². The Balaban J connectivity index is 1.26. The van der Waals surface area contributed by atoms with Crippen LogP contribution in [-0.2, 0) is 22.0 Å². The van der Waals surface area contributed by atoms with Gasteiger partial charge in [0, 0.05) is 49.1 Å². The predicted octanol–water partition coefficient (Wildman–Crippen LogP) is 4.30. The molecule has 5 rings (SSSR count). The second kappa shape index (κ2) is 11.9. The summed E-state index contributed by atoms with van der Waals surface area (Å²) in [5, 5.41) is 7.73. The molecule has 0 bridgehead atoms. The summed E-state index contributed by atoms with van der Waals surface area (Å²) in [5.41, 5.74) is 2.48. The van der Waals surface area contributed by atoms with Gasteiger partial charge in [-0.3, -0.25) is 19.4 Å². The summed E-state index contributed by atoms with van der Waals surface area (Å²) in [7, 11) is 1.87. The van der Waals surface area contributed by atoms with Crippen molar-refractivity contribution in [3.8, 4) is 17.1 Å². The van der Waals surface area contributed by atoms with Crippen LogP contribution in [0.4, 0.5) is 11.8 Å². The number of rotatable bonds is 9. The van der Waals surface area contributed by atoms with Gasteiger partial charge in [0.1, 0.15) is 6.10 Å². The molecule has 0 unspecified atom stereocenters. The Morgan fingerprint density at radius 2 is 1.88 bits per heavy atom. The van der Waals surface area contributed by atoms with Gasteiger partial charge >= 0.3 is 0 Å². The molecular weight excluding hydrogens is 508 g/mol. The molecule has 3 aromatic rings. The third-order valence-corrected chi connectivity index (χ3v) is 7.46. The van der Waals surface area contributed by atoms with E-state index in [0.717, 1.165) is 48.9 Å². The molecule has 2 fully saturated rings. The molecule has 11 nitrogen and oxygen atoms in total. The van der Waals surface area contributed by atoms with Crippen LogP contribution in [0.3, 0.4) is 0 Å². The van der Waals surface area contributed by atoms with E-state index in [1.807, 2.05) is 31.3 Å². The van der Waals surface area contributed by atoms with Crippen molar-refractivity contribution in [2.24, 2.45) is 7.05 Å². The normalized spacial score (nSPS) is 19.6. The van der Waals surface area contributed by atoms with E-state index in [2.05, 4.69) is 46.1 Å². The molecule has 0 atom stereocenters. The van der Waals surface area contributed by atoms with Crippen molar-refractivity contribution >= 4 is 17.7 Å². The molecule has 1 aliphatic heterocycles. The van der Waals surface area contributed by atoms with E-state index >= 15 is 0 Å². The number of nitrogens with one attached hydrogen (secondary N) is 1. The van der Waals surface area contributed by atoms with E-state index < -0.39 is 0 Å². The van der Waals surface area contributed by atoms with Crippen molar-refractivity contribution in [3.63, 3.8) is 0 Å². The Hall–Kier alpha value is -3.60. The number of nitrogens with zero attached hydrogens (tertiary/aromatic N) is 7. The fraction of sp³-hybridized carbons (Fsp3) is 0.586. The molecule has 40 heavy (non-hydrogen) atoms. The van der Waals surface area contributed by atoms with Gasteiger partial charge in [-0.15, -0.1) is 0 Å². The van der Waals surface area contributed by atoms with Crippen LogP contribution in [0.15, 0.2) is 31.0 Å². The van der Waals surface area contributed by atoms with Gasteiger partial charge in [-0.25, -0.2) is 9.97 Å². The first-order valence-corrected chi connectivity index (χ1v) is 14.2. The average Bonchev–Trinajstić information content (AvgIpc) is 3.34. The smallest absolute Gasteiger partial charge is 0.228 e. The van der Waals surface area contributed by atoms with Crippen molar-refractivity contribution in [3.05, 3.63) is 36.5 Å². The highest BCUT2D eigenvalue weighted by Crippen LogP contribution is 2.33. The maximum absolute atomic E-state index is 13.2. The number of carbonyl (C=O) groups excluding carboxylic acids is 1. The van der Waals surface area contributed by atoms with E-state index in [1.165, 1.54) is 0 Å². The van der Waals surface area contributed by atoms with Gasteiger partial charge in [-0.2, -0.15) is 10.1 Å². The minimum atomic E-state index is -0.135. The highest BCUT2D eigenvalue weighted by Gasteiger charge is 2.32. The Morgan fingerprint density at radius 3 is 2.45 bits per heavy atom. The lowest BCUT2D eigenvalue weighted by Gasteiger charge is -2.36. The molecule has 0 radical (unpaired) electrons. The maximum atomic E-state index is 13.2.